The molecule has 1 heterocycles. The molecule has 0 spiro atoms. The van der Waals surface area contributed by atoms with Gasteiger partial charge in [0, 0.05) is 37.4 Å². The van der Waals surface area contributed by atoms with Crippen LogP contribution < -0.4 is 23.8 Å². The van der Waals surface area contributed by atoms with Gasteiger partial charge in [-0.1, -0.05) is 24.3 Å². The van der Waals surface area contributed by atoms with E-state index in [9.17, 15) is 4.79 Å². The maximum atomic E-state index is 14.0. The molecule has 0 atom stereocenters. The molecule has 1 aliphatic heterocycles. The molecule has 0 unspecified atom stereocenters. The predicted octanol–water partition coefficient (Wildman–Crippen LogP) is 5.03. The van der Waals surface area contributed by atoms with Crippen LogP contribution in [0.1, 0.15) is 28.8 Å². The van der Waals surface area contributed by atoms with E-state index in [0.717, 1.165) is 43.9 Å². The van der Waals surface area contributed by atoms with Crippen LogP contribution in [-0.4, -0.2) is 58.4 Å². The summed E-state index contributed by atoms with van der Waals surface area (Å²) in [6.45, 7) is 2.65. The molecule has 1 saturated heterocycles. The zero-order chi connectivity index (χ0) is 25.5. The zero-order valence-corrected chi connectivity index (χ0v) is 21.4. The molecule has 190 valence electrons. The van der Waals surface area contributed by atoms with E-state index >= 15 is 0 Å². The fourth-order valence-corrected chi connectivity index (χ4v) is 4.74. The van der Waals surface area contributed by atoms with Gasteiger partial charge in [0.2, 0.25) is 0 Å². The second-order valence-electron chi connectivity index (χ2n) is 8.77. The minimum Gasteiger partial charge on any atom is -0.497 e. The SMILES string of the molecule is COc1ccc(CN2CCC(N(C(=O)c3ccccc3OC)c3ccc(OC)c(OC)c3)CC2)cc1. The van der Waals surface area contributed by atoms with Gasteiger partial charge in [-0.15, -0.1) is 0 Å². The third-order valence-electron chi connectivity index (χ3n) is 6.69. The highest BCUT2D eigenvalue weighted by molar-refractivity contribution is 6.08. The van der Waals surface area contributed by atoms with Crippen LogP contribution in [0.2, 0.25) is 0 Å². The van der Waals surface area contributed by atoms with Gasteiger partial charge >= 0.3 is 0 Å². The molecule has 3 aromatic carbocycles. The summed E-state index contributed by atoms with van der Waals surface area (Å²) in [7, 11) is 6.47. The lowest BCUT2D eigenvalue weighted by molar-refractivity contribution is 0.0955. The Hall–Kier alpha value is -3.71. The number of nitrogens with zero attached hydrogens (tertiary/aromatic N) is 2. The normalized spacial score (nSPS) is 14.2. The van der Waals surface area contributed by atoms with Crippen LogP contribution in [0.25, 0.3) is 0 Å². The Bertz CT molecular complexity index is 1160. The van der Waals surface area contributed by atoms with Crippen molar-refractivity contribution in [2.75, 3.05) is 46.4 Å². The lowest BCUT2D eigenvalue weighted by Gasteiger charge is -2.39. The molecule has 3 aromatic rings. The van der Waals surface area contributed by atoms with Gasteiger partial charge in [-0.3, -0.25) is 9.69 Å². The molecular weight excluding hydrogens is 456 g/mol. The Labute approximate surface area is 213 Å². The van der Waals surface area contributed by atoms with Gasteiger partial charge in [0.25, 0.3) is 5.91 Å². The second kappa shape index (κ2) is 11.8. The summed E-state index contributed by atoms with van der Waals surface area (Å²) in [6.07, 6.45) is 1.71. The molecule has 0 saturated carbocycles. The second-order valence-corrected chi connectivity index (χ2v) is 8.77. The monoisotopic (exact) mass is 490 g/mol. The van der Waals surface area contributed by atoms with Crippen LogP contribution in [0.15, 0.2) is 66.7 Å². The van der Waals surface area contributed by atoms with Crippen molar-refractivity contribution in [3.05, 3.63) is 77.9 Å². The molecule has 36 heavy (non-hydrogen) atoms. The molecule has 0 aliphatic carbocycles. The molecule has 7 heteroatoms. The molecular formula is C29H34N2O5. The zero-order valence-electron chi connectivity index (χ0n) is 21.4. The Kier molecular flexibility index (Phi) is 8.33. The molecule has 0 aromatic heterocycles. The van der Waals surface area contributed by atoms with Crippen molar-refractivity contribution in [3.63, 3.8) is 0 Å². The summed E-state index contributed by atoms with van der Waals surface area (Å²) in [6, 6.07) is 21.2. The van der Waals surface area contributed by atoms with E-state index in [1.54, 1.807) is 28.4 Å². The van der Waals surface area contributed by atoms with Crippen molar-refractivity contribution in [2.24, 2.45) is 0 Å². The van der Waals surface area contributed by atoms with Crippen molar-refractivity contribution in [1.29, 1.82) is 0 Å². The van der Waals surface area contributed by atoms with E-state index in [1.165, 1.54) is 5.56 Å². The number of ether oxygens (including phenoxy) is 4. The number of rotatable bonds is 9. The molecule has 7 nitrogen and oxygen atoms in total. The number of carbonyl (C=O) groups excluding carboxylic acids is 1. The van der Waals surface area contributed by atoms with Crippen LogP contribution in [-0.2, 0) is 6.54 Å². The lowest BCUT2D eigenvalue weighted by Crippen LogP contribution is -2.47. The Morgan fingerprint density at radius 1 is 0.806 bits per heavy atom. The van der Waals surface area contributed by atoms with Crippen LogP contribution >= 0.6 is 0 Å². The highest BCUT2D eigenvalue weighted by atomic mass is 16.5. The number of likely N-dealkylation sites (tertiary alicyclic amines) is 1. The number of methoxy groups -OCH3 is 4. The number of amides is 1. The van der Waals surface area contributed by atoms with Crippen molar-refractivity contribution >= 4 is 11.6 Å². The minimum absolute atomic E-state index is 0.0348. The first kappa shape index (κ1) is 25.4. The number of anilines is 1. The molecule has 0 radical (unpaired) electrons. The molecule has 1 amide bonds. The van der Waals surface area contributed by atoms with E-state index in [-0.39, 0.29) is 11.9 Å². The summed E-state index contributed by atoms with van der Waals surface area (Å²) in [4.78, 5) is 18.3. The maximum Gasteiger partial charge on any atom is 0.262 e. The molecule has 1 aliphatic rings. The summed E-state index contributed by atoms with van der Waals surface area (Å²) in [5.41, 5.74) is 2.56. The first-order valence-corrected chi connectivity index (χ1v) is 12.1. The highest BCUT2D eigenvalue weighted by Crippen LogP contribution is 2.35. The fourth-order valence-electron chi connectivity index (χ4n) is 4.74. The maximum absolute atomic E-state index is 14.0. The van der Waals surface area contributed by atoms with Crippen LogP contribution in [0, 0.1) is 0 Å². The van der Waals surface area contributed by atoms with E-state index in [1.807, 2.05) is 59.5 Å². The number of hydrogen-bond donors (Lipinski definition) is 0. The standard InChI is InChI=1S/C29H34N2O5/c1-33-24-12-9-21(10-13-24)20-30-17-15-22(16-18-30)31(23-11-14-27(35-3)28(19-23)36-4)29(32)25-7-5-6-8-26(25)34-2/h5-14,19,22H,15-18,20H2,1-4H3. The Balaban J connectivity index is 1.58. The number of carbonyl (C=O) groups is 1. The summed E-state index contributed by atoms with van der Waals surface area (Å²) < 4.78 is 21.7. The summed E-state index contributed by atoms with van der Waals surface area (Å²) >= 11 is 0. The van der Waals surface area contributed by atoms with Gasteiger partial charge in [0.15, 0.2) is 11.5 Å². The van der Waals surface area contributed by atoms with Crippen molar-refractivity contribution in [1.82, 2.24) is 4.90 Å². The van der Waals surface area contributed by atoms with E-state index in [0.29, 0.717) is 22.8 Å². The first-order valence-electron chi connectivity index (χ1n) is 12.1. The van der Waals surface area contributed by atoms with Crippen LogP contribution in [0.4, 0.5) is 5.69 Å². The topological polar surface area (TPSA) is 60.5 Å². The van der Waals surface area contributed by atoms with Gasteiger partial charge in [-0.05, 0) is 54.8 Å². The van der Waals surface area contributed by atoms with Crippen LogP contribution in [0.3, 0.4) is 0 Å². The minimum atomic E-state index is -0.0896. The predicted molar refractivity (Wildman–Crippen MR) is 141 cm³/mol. The van der Waals surface area contributed by atoms with Crippen molar-refractivity contribution < 1.29 is 23.7 Å². The number of piperidine rings is 1. The van der Waals surface area contributed by atoms with Gasteiger partial charge in [-0.25, -0.2) is 0 Å². The summed E-state index contributed by atoms with van der Waals surface area (Å²) in [5, 5.41) is 0. The Morgan fingerprint density at radius 2 is 1.47 bits per heavy atom. The number of hydrogen-bond acceptors (Lipinski definition) is 6. The lowest BCUT2D eigenvalue weighted by atomic mass is 9.99. The number of benzene rings is 3. The van der Waals surface area contributed by atoms with E-state index in [4.69, 9.17) is 18.9 Å². The fraction of sp³-hybridized carbons (Fsp3) is 0.345. The molecule has 0 N–H and O–H groups in total. The van der Waals surface area contributed by atoms with Gasteiger partial charge < -0.3 is 23.8 Å². The van der Waals surface area contributed by atoms with E-state index in [2.05, 4.69) is 17.0 Å². The number of para-hydroxylation sites is 1. The molecule has 1 fully saturated rings. The van der Waals surface area contributed by atoms with Gasteiger partial charge in [0.05, 0.1) is 34.0 Å². The largest absolute Gasteiger partial charge is 0.497 e. The highest BCUT2D eigenvalue weighted by Gasteiger charge is 2.31. The molecule has 0 bridgehead atoms. The third kappa shape index (κ3) is 5.57. The molecule has 4 rings (SSSR count). The quantitative estimate of drug-likeness (QED) is 0.419. The average Bonchev–Trinajstić information content (AvgIpc) is 2.94. The van der Waals surface area contributed by atoms with Crippen molar-refractivity contribution in [3.8, 4) is 23.0 Å². The summed E-state index contributed by atoms with van der Waals surface area (Å²) in [5.74, 6) is 2.54. The van der Waals surface area contributed by atoms with E-state index < -0.39 is 0 Å². The average molecular weight is 491 g/mol. The van der Waals surface area contributed by atoms with Crippen LogP contribution in [0.5, 0.6) is 23.0 Å². The Morgan fingerprint density at radius 3 is 2.11 bits per heavy atom. The van der Waals surface area contributed by atoms with Crippen molar-refractivity contribution in [2.45, 2.75) is 25.4 Å². The van der Waals surface area contributed by atoms with Gasteiger partial charge in [-0.2, -0.15) is 0 Å². The van der Waals surface area contributed by atoms with Gasteiger partial charge in [0.1, 0.15) is 11.5 Å². The third-order valence-corrected chi connectivity index (χ3v) is 6.69. The smallest absolute Gasteiger partial charge is 0.262 e. The first-order chi connectivity index (χ1) is 17.6.